The zero-order valence-electron chi connectivity index (χ0n) is 10.9. The number of nitrogens with zero attached hydrogens (tertiary/aromatic N) is 2. The molecule has 0 aliphatic rings. The molecule has 5 nitrogen and oxygen atoms in total. The highest BCUT2D eigenvalue weighted by atomic mass is 19.2. The smallest absolute Gasteiger partial charge is 0.320 e. The zero-order chi connectivity index (χ0) is 14.7. The second-order valence-electron chi connectivity index (χ2n) is 4.07. The molecule has 0 spiro atoms. The number of benzene rings is 1. The highest BCUT2D eigenvalue weighted by molar-refractivity contribution is 5.52. The van der Waals surface area contributed by atoms with Crippen molar-refractivity contribution < 1.29 is 17.6 Å². The molecule has 2 N–H and O–H groups in total. The molecule has 0 fully saturated rings. The van der Waals surface area contributed by atoms with Crippen molar-refractivity contribution in [1.82, 2.24) is 15.5 Å². The van der Waals surface area contributed by atoms with Crippen LogP contribution in [0.2, 0.25) is 0 Å². The van der Waals surface area contributed by atoms with Crippen molar-refractivity contribution >= 4 is 11.7 Å². The van der Waals surface area contributed by atoms with Crippen molar-refractivity contribution in [1.29, 1.82) is 0 Å². The largest absolute Gasteiger partial charge is 0.406 e. The number of hydrogen-bond donors (Lipinski definition) is 2. The summed E-state index contributed by atoms with van der Waals surface area (Å²) in [5, 5.41) is 12.9. The number of hydrogen-bond acceptors (Lipinski definition) is 5. The summed E-state index contributed by atoms with van der Waals surface area (Å²) < 4.78 is 44.6. The molecule has 0 saturated carbocycles. The van der Waals surface area contributed by atoms with E-state index in [1.165, 1.54) is 0 Å². The van der Waals surface area contributed by atoms with E-state index in [-0.39, 0.29) is 17.7 Å². The van der Waals surface area contributed by atoms with Crippen molar-refractivity contribution in [2.75, 3.05) is 11.9 Å². The van der Waals surface area contributed by atoms with Gasteiger partial charge in [0.25, 0.3) is 0 Å². The second kappa shape index (κ2) is 5.91. The predicted octanol–water partition coefficient (Wildman–Crippen LogP) is 2.90. The second-order valence-corrected chi connectivity index (χ2v) is 4.07. The minimum absolute atomic E-state index is 0.102. The summed E-state index contributed by atoms with van der Waals surface area (Å²) in [6.07, 6.45) is 0. The minimum Gasteiger partial charge on any atom is -0.406 e. The Balaban J connectivity index is 2.17. The third-order valence-electron chi connectivity index (χ3n) is 2.60. The molecule has 1 aromatic carbocycles. The van der Waals surface area contributed by atoms with Gasteiger partial charge in [0.05, 0.1) is 11.7 Å². The fraction of sp³-hybridized carbons (Fsp3) is 0.333. The Bertz CT molecular complexity index is 602. The van der Waals surface area contributed by atoms with Gasteiger partial charge in [-0.25, -0.2) is 13.2 Å². The average molecular weight is 286 g/mol. The van der Waals surface area contributed by atoms with Crippen LogP contribution in [0, 0.1) is 17.5 Å². The van der Waals surface area contributed by atoms with Gasteiger partial charge >= 0.3 is 6.01 Å². The van der Waals surface area contributed by atoms with E-state index in [9.17, 15) is 13.2 Å². The lowest BCUT2D eigenvalue weighted by Crippen LogP contribution is -2.17. The molecule has 0 saturated heterocycles. The van der Waals surface area contributed by atoms with E-state index >= 15 is 0 Å². The lowest BCUT2D eigenvalue weighted by Gasteiger charge is -2.06. The summed E-state index contributed by atoms with van der Waals surface area (Å²) in [4.78, 5) is 0. The summed E-state index contributed by atoms with van der Waals surface area (Å²) in [5.41, 5.74) is -0.282. The topological polar surface area (TPSA) is 63.0 Å². The van der Waals surface area contributed by atoms with Crippen molar-refractivity contribution in [3.63, 3.8) is 0 Å². The Morgan fingerprint density at radius 3 is 2.65 bits per heavy atom. The number of anilines is 2. The monoisotopic (exact) mass is 286 g/mol. The van der Waals surface area contributed by atoms with E-state index in [0.717, 1.165) is 12.1 Å². The van der Waals surface area contributed by atoms with Gasteiger partial charge in [-0.2, -0.15) is 0 Å². The molecule has 1 atom stereocenters. The van der Waals surface area contributed by atoms with Gasteiger partial charge < -0.3 is 15.1 Å². The lowest BCUT2D eigenvalue weighted by atomic mass is 10.3. The molecule has 1 aromatic heterocycles. The van der Waals surface area contributed by atoms with Gasteiger partial charge in [-0.3, -0.25) is 0 Å². The maximum Gasteiger partial charge on any atom is 0.320 e. The van der Waals surface area contributed by atoms with Crippen LogP contribution in [-0.2, 0) is 0 Å². The van der Waals surface area contributed by atoms with E-state index in [0.29, 0.717) is 12.4 Å². The molecule has 0 radical (unpaired) electrons. The molecular weight excluding hydrogens is 273 g/mol. The number of aromatic nitrogens is 2. The molecule has 2 aromatic rings. The van der Waals surface area contributed by atoms with Crippen molar-refractivity contribution in [3.05, 3.63) is 35.5 Å². The Kier molecular flexibility index (Phi) is 4.23. The number of nitrogens with one attached hydrogen (secondary N) is 2. The first kappa shape index (κ1) is 14.3. The molecule has 1 heterocycles. The third-order valence-corrected chi connectivity index (χ3v) is 2.60. The summed E-state index contributed by atoms with van der Waals surface area (Å²) in [5.74, 6) is -3.86. The van der Waals surface area contributed by atoms with Crippen LogP contribution in [0.1, 0.15) is 25.8 Å². The van der Waals surface area contributed by atoms with Gasteiger partial charge in [0.15, 0.2) is 17.5 Å². The standard InChI is InChI=1S/C12H13F3N4O/c1-3-16-6(2)11-18-19-12(20-11)17-8-5-4-7(13)9(14)10(8)15/h4-6,16H,3H2,1-2H3,(H,17,19). The van der Waals surface area contributed by atoms with Crippen LogP contribution in [0.25, 0.3) is 0 Å². The normalized spacial score (nSPS) is 12.4. The minimum atomic E-state index is -1.56. The number of halogens is 3. The Hall–Kier alpha value is -2.09. The summed E-state index contributed by atoms with van der Waals surface area (Å²) in [6, 6.07) is 1.58. The molecule has 1 unspecified atom stereocenters. The van der Waals surface area contributed by atoms with Crippen LogP contribution >= 0.6 is 0 Å². The summed E-state index contributed by atoms with van der Waals surface area (Å²) in [6.45, 7) is 4.45. The molecule has 0 bridgehead atoms. The quantitative estimate of drug-likeness (QED) is 0.827. The van der Waals surface area contributed by atoms with Crippen LogP contribution in [-0.4, -0.2) is 16.7 Å². The van der Waals surface area contributed by atoms with Crippen molar-refractivity contribution in [3.8, 4) is 0 Å². The Morgan fingerprint density at radius 2 is 1.95 bits per heavy atom. The first-order chi connectivity index (χ1) is 9.52. The molecular formula is C12H13F3N4O. The third kappa shape index (κ3) is 2.90. The highest BCUT2D eigenvalue weighted by Gasteiger charge is 2.17. The molecule has 108 valence electrons. The molecule has 2 rings (SSSR count). The van der Waals surface area contributed by atoms with Crippen LogP contribution < -0.4 is 10.6 Å². The van der Waals surface area contributed by atoms with Gasteiger partial charge in [0, 0.05) is 0 Å². The van der Waals surface area contributed by atoms with Gasteiger partial charge in [-0.1, -0.05) is 12.0 Å². The predicted molar refractivity (Wildman–Crippen MR) is 66.0 cm³/mol. The Labute approximate surface area is 113 Å². The van der Waals surface area contributed by atoms with Crippen LogP contribution in [0.3, 0.4) is 0 Å². The van der Waals surface area contributed by atoms with E-state index in [1.54, 1.807) is 0 Å². The summed E-state index contributed by atoms with van der Waals surface area (Å²) >= 11 is 0. The van der Waals surface area contributed by atoms with Gasteiger partial charge in [-0.15, -0.1) is 5.10 Å². The van der Waals surface area contributed by atoms with E-state index in [4.69, 9.17) is 4.42 Å². The van der Waals surface area contributed by atoms with E-state index in [2.05, 4.69) is 20.8 Å². The molecule has 0 aliphatic carbocycles. The average Bonchev–Trinajstić information content (AvgIpc) is 2.88. The van der Waals surface area contributed by atoms with E-state index < -0.39 is 17.5 Å². The molecule has 8 heteroatoms. The van der Waals surface area contributed by atoms with Gasteiger partial charge in [-0.05, 0) is 25.6 Å². The Morgan fingerprint density at radius 1 is 1.20 bits per heavy atom. The number of rotatable bonds is 5. The first-order valence-corrected chi connectivity index (χ1v) is 6.00. The van der Waals surface area contributed by atoms with Gasteiger partial charge in [0.2, 0.25) is 5.89 Å². The fourth-order valence-electron chi connectivity index (χ4n) is 1.59. The van der Waals surface area contributed by atoms with Crippen LogP contribution in [0.4, 0.5) is 24.9 Å². The SMILES string of the molecule is CCNC(C)c1nnc(Nc2ccc(F)c(F)c2F)o1. The van der Waals surface area contributed by atoms with Crippen molar-refractivity contribution in [2.24, 2.45) is 0 Å². The maximum absolute atomic E-state index is 13.5. The molecule has 20 heavy (non-hydrogen) atoms. The highest BCUT2D eigenvalue weighted by Crippen LogP contribution is 2.23. The summed E-state index contributed by atoms with van der Waals surface area (Å²) in [7, 11) is 0. The fourth-order valence-corrected chi connectivity index (χ4v) is 1.59. The van der Waals surface area contributed by atoms with Crippen LogP contribution in [0.15, 0.2) is 16.5 Å². The van der Waals surface area contributed by atoms with E-state index in [1.807, 2.05) is 13.8 Å². The van der Waals surface area contributed by atoms with Crippen molar-refractivity contribution in [2.45, 2.75) is 19.9 Å². The molecule has 0 amide bonds. The van der Waals surface area contributed by atoms with Crippen LogP contribution in [0.5, 0.6) is 0 Å². The van der Waals surface area contributed by atoms with Gasteiger partial charge in [0.1, 0.15) is 0 Å². The first-order valence-electron chi connectivity index (χ1n) is 6.00. The molecule has 0 aliphatic heterocycles. The lowest BCUT2D eigenvalue weighted by molar-refractivity contribution is 0.429. The zero-order valence-corrected chi connectivity index (χ0v) is 10.9. The maximum atomic E-state index is 13.5.